The van der Waals surface area contributed by atoms with Crippen molar-refractivity contribution in [1.82, 2.24) is 9.55 Å². The van der Waals surface area contributed by atoms with E-state index in [1.54, 1.807) is 34.0 Å². The molecule has 1 aromatic rings. The standard InChI is InChI=1S/C12H19N3O4/c1-12(2,3)19-11(17)15(5)8-7-14(4)9(13-8)10(16)18-6/h7H,1-6H3. The Labute approximate surface area is 112 Å². The first-order chi connectivity index (χ1) is 8.65. The van der Waals surface area contributed by atoms with E-state index in [9.17, 15) is 9.59 Å². The minimum Gasteiger partial charge on any atom is -0.463 e. The smallest absolute Gasteiger partial charge is 0.415 e. The van der Waals surface area contributed by atoms with Crippen molar-refractivity contribution in [2.45, 2.75) is 26.4 Å². The summed E-state index contributed by atoms with van der Waals surface area (Å²) in [7, 11) is 4.44. The second-order valence-electron chi connectivity index (χ2n) is 5.06. The van der Waals surface area contributed by atoms with Crippen molar-refractivity contribution in [3.63, 3.8) is 0 Å². The molecule has 1 heterocycles. The third-order valence-electron chi connectivity index (χ3n) is 2.24. The lowest BCUT2D eigenvalue weighted by atomic mass is 10.2. The lowest BCUT2D eigenvalue weighted by Gasteiger charge is -2.23. The first-order valence-electron chi connectivity index (χ1n) is 5.74. The highest BCUT2D eigenvalue weighted by Gasteiger charge is 2.24. The summed E-state index contributed by atoms with van der Waals surface area (Å²) in [5.41, 5.74) is -0.592. The molecule has 0 aliphatic heterocycles. The fourth-order valence-electron chi connectivity index (χ4n) is 1.32. The molecular formula is C12H19N3O4. The van der Waals surface area contributed by atoms with Crippen molar-refractivity contribution in [3.05, 3.63) is 12.0 Å². The molecule has 0 N–H and O–H groups in total. The number of ether oxygens (including phenoxy) is 2. The lowest BCUT2D eigenvalue weighted by Crippen LogP contribution is -2.34. The summed E-state index contributed by atoms with van der Waals surface area (Å²) in [6.45, 7) is 5.32. The largest absolute Gasteiger partial charge is 0.463 e. The highest BCUT2D eigenvalue weighted by atomic mass is 16.6. The number of anilines is 1. The van der Waals surface area contributed by atoms with Crippen LogP contribution in [0.1, 0.15) is 31.4 Å². The van der Waals surface area contributed by atoms with Gasteiger partial charge in [-0.05, 0) is 20.8 Å². The second kappa shape index (κ2) is 5.29. The van der Waals surface area contributed by atoms with Crippen molar-refractivity contribution in [2.75, 3.05) is 19.1 Å². The number of aromatic nitrogens is 2. The van der Waals surface area contributed by atoms with Crippen LogP contribution >= 0.6 is 0 Å². The number of rotatable bonds is 2. The number of amides is 1. The summed E-state index contributed by atoms with van der Waals surface area (Å²) >= 11 is 0. The number of carbonyl (C=O) groups excluding carboxylic acids is 2. The minimum absolute atomic E-state index is 0.118. The number of methoxy groups -OCH3 is 1. The second-order valence-corrected chi connectivity index (χ2v) is 5.06. The van der Waals surface area contributed by atoms with Gasteiger partial charge in [-0.3, -0.25) is 4.90 Å². The van der Waals surface area contributed by atoms with Crippen LogP contribution in [0.2, 0.25) is 0 Å². The Bertz CT molecular complexity index is 488. The lowest BCUT2D eigenvalue weighted by molar-refractivity contribution is 0.0571. The van der Waals surface area contributed by atoms with Crippen LogP contribution in [0.5, 0.6) is 0 Å². The van der Waals surface area contributed by atoms with Crippen LogP contribution in [0.4, 0.5) is 10.6 Å². The normalized spacial score (nSPS) is 11.1. The van der Waals surface area contributed by atoms with Gasteiger partial charge >= 0.3 is 12.1 Å². The molecule has 0 saturated carbocycles. The molecule has 0 spiro atoms. The van der Waals surface area contributed by atoms with E-state index < -0.39 is 17.7 Å². The number of esters is 1. The fraction of sp³-hybridized carbons (Fsp3) is 0.583. The highest BCUT2D eigenvalue weighted by molar-refractivity contribution is 5.89. The molecule has 7 nitrogen and oxygen atoms in total. The van der Waals surface area contributed by atoms with Gasteiger partial charge in [0.2, 0.25) is 5.82 Å². The first kappa shape index (κ1) is 15.0. The molecule has 0 aromatic carbocycles. The summed E-state index contributed by atoms with van der Waals surface area (Å²) in [5, 5.41) is 0. The summed E-state index contributed by atoms with van der Waals surface area (Å²) in [6.07, 6.45) is 1.01. The number of hydrogen-bond acceptors (Lipinski definition) is 5. The summed E-state index contributed by atoms with van der Waals surface area (Å²) in [6, 6.07) is 0. The fourth-order valence-corrected chi connectivity index (χ4v) is 1.32. The molecule has 106 valence electrons. The maximum atomic E-state index is 11.9. The van der Waals surface area contributed by atoms with E-state index in [0.29, 0.717) is 5.82 Å². The molecule has 0 aliphatic carbocycles. The molecule has 19 heavy (non-hydrogen) atoms. The van der Waals surface area contributed by atoms with Gasteiger partial charge in [0, 0.05) is 20.3 Å². The van der Waals surface area contributed by atoms with E-state index in [-0.39, 0.29) is 5.82 Å². The van der Waals surface area contributed by atoms with Crippen LogP contribution in [0.25, 0.3) is 0 Å². The van der Waals surface area contributed by atoms with Crippen LogP contribution < -0.4 is 4.90 Å². The van der Waals surface area contributed by atoms with E-state index >= 15 is 0 Å². The molecule has 0 saturated heterocycles. The molecule has 0 unspecified atom stereocenters. The summed E-state index contributed by atoms with van der Waals surface area (Å²) in [5.74, 6) is -0.128. The van der Waals surface area contributed by atoms with Crippen LogP contribution in [0.15, 0.2) is 6.20 Å². The average Bonchev–Trinajstić information content (AvgIpc) is 2.67. The van der Waals surface area contributed by atoms with Gasteiger partial charge in [-0.1, -0.05) is 0 Å². The summed E-state index contributed by atoms with van der Waals surface area (Å²) < 4.78 is 11.3. The van der Waals surface area contributed by atoms with E-state index in [2.05, 4.69) is 9.72 Å². The minimum atomic E-state index is -0.592. The van der Waals surface area contributed by atoms with E-state index in [4.69, 9.17) is 4.74 Å². The Balaban J connectivity index is 2.92. The Morgan fingerprint density at radius 1 is 1.37 bits per heavy atom. The zero-order chi connectivity index (χ0) is 14.8. The molecule has 0 aliphatic rings. The van der Waals surface area contributed by atoms with Crippen LogP contribution in [-0.4, -0.2) is 41.4 Å². The van der Waals surface area contributed by atoms with Crippen LogP contribution in [0, 0.1) is 0 Å². The first-order valence-corrected chi connectivity index (χ1v) is 5.74. The topological polar surface area (TPSA) is 73.7 Å². The van der Waals surface area contributed by atoms with Gasteiger partial charge in [0.15, 0.2) is 5.82 Å². The molecule has 0 atom stereocenters. The predicted octanol–water partition coefficient (Wildman–Crippen LogP) is 1.58. The number of carbonyl (C=O) groups is 2. The number of nitrogens with zero attached hydrogens (tertiary/aromatic N) is 3. The Kier molecular flexibility index (Phi) is 4.18. The van der Waals surface area contributed by atoms with Gasteiger partial charge in [-0.2, -0.15) is 0 Å². The van der Waals surface area contributed by atoms with Gasteiger partial charge in [0.1, 0.15) is 5.60 Å². The maximum absolute atomic E-state index is 11.9. The molecular weight excluding hydrogens is 250 g/mol. The molecule has 1 amide bonds. The predicted molar refractivity (Wildman–Crippen MR) is 69.2 cm³/mol. The molecule has 1 aromatic heterocycles. The van der Waals surface area contributed by atoms with Crippen molar-refractivity contribution in [3.8, 4) is 0 Å². The van der Waals surface area contributed by atoms with Gasteiger partial charge in [0.25, 0.3) is 0 Å². The Morgan fingerprint density at radius 3 is 2.42 bits per heavy atom. The third-order valence-corrected chi connectivity index (χ3v) is 2.24. The van der Waals surface area contributed by atoms with Crippen LogP contribution in [0.3, 0.4) is 0 Å². The SMILES string of the molecule is COC(=O)c1nc(N(C)C(=O)OC(C)(C)C)cn1C. The van der Waals surface area contributed by atoms with Gasteiger partial charge < -0.3 is 14.0 Å². The van der Waals surface area contributed by atoms with Gasteiger partial charge in [0.05, 0.1) is 7.11 Å². The highest BCUT2D eigenvalue weighted by Crippen LogP contribution is 2.16. The number of imidazole rings is 1. The van der Waals surface area contributed by atoms with E-state index in [1.807, 2.05) is 0 Å². The quantitative estimate of drug-likeness (QED) is 0.762. The maximum Gasteiger partial charge on any atom is 0.415 e. The molecule has 7 heteroatoms. The monoisotopic (exact) mass is 269 g/mol. The molecule has 1 rings (SSSR count). The van der Waals surface area contributed by atoms with E-state index in [0.717, 1.165) is 0 Å². The number of hydrogen-bond donors (Lipinski definition) is 0. The molecule has 0 radical (unpaired) electrons. The summed E-state index contributed by atoms with van der Waals surface area (Å²) in [4.78, 5) is 28.6. The van der Waals surface area contributed by atoms with Crippen molar-refractivity contribution in [1.29, 1.82) is 0 Å². The van der Waals surface area contributed by atoms with Crippen molar-refractivity contribution in [2.24, 2.45) is 7.05 Å². The Morgan fingerprint density at radius 2 is 1.95 bits per heavy atom. The zero-order valence-electron chi connectivity index (χ0n) is 12.1. The molecule has 0 fully saturated rings. The third kappa shape index (κ3) is 3.70. The average molecular weight is 269 g/mol. The Hall–Kier alpha value is -2.05. The molecule has 0 bridgehead atoms. The van der Waals surface area contributed by atoms with E-state index in [1.165, 1.54) is 23.6 Å². The van der Waals surface area contributed by atoms with Gasteiger partial charge in [-0.15, -0.1) is 0 Å². The van der Waals surface area contributed by atoms with Crippen LogP contribution in [-0.2, 0) is 16.5 Å². The zero-order valence-corrected chi connectivity index (χ0v) is 12.1. The van der Waals surface area contributed by atoms with Gasteiger partial charge in [-0.25, -0.2) is 14.6 Å². The van der Waals surface area contributed by atoms with Crippen molar-refractivity contribution >= 4 is 17.9 Å². The number of aryl methyl sites for hydroxylation is 1. The van der Waals surface area contributed by atoms with Crippen molar-refractivity contribution < 1.29 is 19.1 Å².